The maximum Gasteiger partial charge on any atom is 0.134 e. The Hall–Kier alpha value is -2.38. The van der Waals surface area contributed by atoms with Crippen LogP contribution in [-0.4, -0.2) is 20.5 Å². The summed E-state index contributed by atoms with van der Waals surface area (Å²) in [5.74, 6) is 2.33. The summed E-state index contributed by atoms with van der Waals surface area (Å²) in [4.78, 5) is 0. The summed E-state index contributed by atoms with van der Waals surface area (Å²) in [6.45, 7) is 2.03. The SMILES string of the molecule is C#CC1(O)CCC2=Cc3c(cnn3-c3ccc(F)cc3)CC21C. The number of rotatable bonds is 1. The molecule has 0 spiro atoms. The molecule has 2 aliphatic carbocycles. The number of benzene rings is 1. The molecule has 116 valence electrons. The quantitative estimate of drug-likeness (QED) is 0.822. The molecule has 1 saturated carbocycles. The van der Waals surface area contributed by atoms with E-state index in [9.17, 15) is 9.50 Å². The summed E-state index contributed by atoms with van der Waals surface area (Å²) in [6.07, 6.45) is 11.5. The molecule has 3 nitrogen and oxygen atoms in total. The molecule has 1 fully saturated rings. The summed E-state index contributed by atoms with van der Waals surface area (Å²) in [5, 5.41) is 15.2. The van der Waals surface area contributed by atoms with Crippen LogP contribution in [0.5, 0.6) is 0 Å². The molecular formula is C19H17FN2O. The zero-order valence-electron chi connectivity index (χ0n) is 12.9. The molecule has 0 aliphatic heterocycles. The number of terminal acetylenes is 1. The molecule has 2 aromatic rings. The number of aliphatic hydroxyl groups is 1. The third-order valence-electron chi connectivity index (χ3n) is 5.43. The van der Waals surface area contributed by atoms with Gasteiger partial charge in [0.2, 0.25) is 0 Å². The lowest BCUT2D eigenvalue weighted by atomic mass is 9.67. The monoisotopic (exact) mass is 308 g/mol. The molecule has 4 rings (SSSR count). The second-order valence-corrected chi connectivity index (χ2v) is 6.63. The van der Waals surface area contributed by atoms with Crippen molar-refractivity contribution >= 4 is 6.08 Å². The van der Waals surface area contributed by atoms with Gasteiger partial charge in [-0.3, -0.25) is 0 Å². The third-order valence-corrected chi connectivity index (χ3v) is 5.43. The van der Waals surface area contributed by atoms with Crippen LogP contribution < -0.4 is 0 Å². The zero-order valence-corrected chi connectivity index (χ0v) is 12.9. The van der Waals surface area contributed by atoms with Gasteiger partial charge in [0, 0.05) is 5.41 Å². The number of hydrogen-bond donors (Lipinski definition) is 1. The van der Waals surface area contributed by atoms with Crippen LogP contribution in [0.3, 0.4) is 0 Å². The molecule has 0 bridgehead atoms. The molecule has 1 aromatic carbocycles. The van der Waals surface area contributed by atoms with Gasteiger partial charge in [-0.2, -0.15) is 5.10 Å². The van der Waals surface area contributed by atoms with E-state index >= 15 is 0 Å². The summed E-state index contributed by atoms with van der Waals surface area (Å²) in [7, 11) is 0. The van der Waals surface area contributed by atoms with Gasteiger partial charge >= 0.3 is 0 Å². The molecule has 1 N–H and O–H groups in total. The van der Waals surface area contributed by atoms with Crippen LogP contribution in [0.1, 0.15) is 31.0 Å². The van der Waals surface area contributed by atoms with E-state index in [2.05, 4.69) is 17.1 Å². The summed E-state index contributed by atoms with van der Waals surface area (Å²) in [6, 6.07) is 6.27. The fraction of sp³-hybridized carbons (Fsp3) is 0.316. The topological polar surface area (TPSA) is 38.1 Å². The maximum absolute atomic E-state index is 13.1. The van der Waals surface area contributed by atoms with Crippen molar-refractivity contribution in [3.63, 3.8) is 0 Å². The van der Waals surface area contributed by atoms with Gasteiger partial charge in [-0.25, -0.2) is 9.07 Å². The van der Waals surface area contributed by atoms with Crippen LogP contribution in [0.4, 0.5) is 4.39 Å². The Morgan fingerprint density at radius 3 is 2.78 bits per heavy atom. The van der Waals surface area contributed by atoms with Crippen LogP contribution in [0.2, 0.25) is 0 Å². The van der Waals surface area contributed by atoms with Gasteiger partial charge in [-0.05, 0) is 55.2 Å². The van der Waals surface area contributed by atoms with Crippen LogP contribution in [0.25, 0.3) is 11.8 Å². The van der Waals surface area contributed by atoms with Crippen molar-refractivity contribution in [2.75, 3.05) is 0 Å². The van der Waals surface area contributed by atoms with Crippen molar-refractivity contribution in [3.05, 3.63) is 53.1 Å². The van der Waals surface area contributed by atoms with E-state index in [-0.39, 0.29) is 5.82 Å². The Morgan fingerprint density at radius 2 is 2.09 bits per heavy atom. The van der Waals surface area contributed by atoms with E-state index < -0.39 is 11.0 Å². The first-order valence-electron chi connectivity index (χ1n) is 7.71. The van der Waals surface area contributed by atoms with Crippen LogP contribution in [0.15, 0.2) is 36.0 Å². The van der Waals surface area contributed by atoms with E-state index in [0.29, 0.717) is 12.8 Å². The Bertz CT molecular complexity index is 858. The second-order valence-electron chi connectivity index (χ2n) is 6.63. The fourth-order valence-electron chi connectivity index (χ4n) is 3.87. The molecule has 2 unspecified atom stereocenters. The van der Waals surface area contributed by atoms with E-state index in [1.54, 1.807) is 12.1 Å². The molecule has 0 radical (unpaired) electrons. The molecule has 23 heavy (non-hydrogen) atoms. The summed E-state index contributed by atoms with van der Waals surface area (Å²) >= 11 is 0. The number of hydrogen-bond acceptors (Lipinski definition) is 2. The van der Waals surface area contributed by atoms with E-state index in [4.69, 9.17) is 6.42 Å². The van der Waals surface area contributed by atoms with Gasteiger partial charge in [-0.1, -0.05) is 18.4 Å². The molecule has 1 heterocycles. The van der Waals surface area contributed by atoms with Crippen molar-refractivity contribution < 1.29 is 9.50 Å². The van der Waals surface area contributed by atoms with Gasteiger partial charge in [0.15, 0.2) is 0 Å². The standard InChI is InChI=1S/C19H17FN2O/c1-3-19(23)9-8-14-10-17-13(11-18(14,19)2)12-21-22(17)16-6-4-15(20)5-7-16/h1,4-7,10,12,23H,8-9,11H2,2H3. The van der Waals surface area contributed by atoms with E-state index in [1.807, 2.05) is 17.8 Å². The highest BCUT2D eigenvalue weighted by molar-refractivity contribution is 5.63. The predicted octanol–water partition coefficient (Wildman–Crippen LogP) is 3.12. The minimum atomic E-state index is -1.10. The zero-order chi connectivity index (χ0) is 16.2. The van der Waals surface area contributed by atoms with Gasteiger partial charge in [0.25, 0.3) is 0 Å². The predicted molar refractivity (Wildman–Crippen MR) is 86.3 cm³/mol. The van der Waals surface area contributed by atoms with E-state index in [1.165, 1.54) is 12.1 Å². The lowest BCUT2D eigenvalue weighted by Crippen LogP contribution is -2.43. The third kappa shape index (κ3) is 1.83. The van der Waals surface area contributed by atoms with Crippen molar-refractivity contribution in [2.24, 2.45) is 5.41 Å². The van der Waals surface area contributed by atoms with Crippen LogP contribution in [-0.2, 0) is 6.42 Å². The van der Waals surface area contributed by atoms with Gasteiger partial charge in [-0.15, -0.1) is 6.42 Å². The highest BCUT2D eigenvalue weighted by atomic mass is 19.1. The molecule has 0 saturated heterocycles. The Kier molecular flexibility index (Phi) is 2.82. The number of halogens is 1. The van der Waals surface area contributed by atoms with Crippen molar-refractivity contribution in [3.8, 4) is 18.0 Å². The molecule has 4 heteroatoms. The minimum absolute atomic E-state index is 0.268. The largest absolute Gasteiger partial charge is 0.377 e. The first-order chi connectivity index (χ1) is 11.0. The second kappa shape index (κ2) is 4.56. The highest BCUT2D eigenvalue weighted by Crippen LogP contribution is 2.54. The maximum atomic E-state index is 13.1. The summed E-state index contributed by atoms with van der Waals surface area (Å²) < 4.78 is 14.9. The van der Waals surface area contributed by atoms with Crippen LogP contribution in [0, 0.1) is 23.6 Å². The number of fused-ring (bicyclic) bond motifs is 2. The normalized spacial score (nSPS) is 28.7. The first kappa shape index (κ1) is 14.2. The number of aromatic nitrogens is 2. The van der Waals surface area contributed by atoms with Crippen molar-refractivity contribution in [2.45, 2.75) is 31.8 Å². The molecule has 0 amide bonds. The van der Waals surface area contributed by atoms with Gasteiger partial charge < -0.3 is 5.11 Å². The lowest BCUT2D eigenvalue weighted by molar-refractivity contribution is 0.0155. The first-order valence-corrected chi connectivity index (χ1v) is 7.71. The number of nitrogens with zero attached hydrogens (tertiary/aromatic N) is 2. The van der Waals surface area contributed by atoms with Crippen molar-refractivity contribution in [1.29, 1.82) is 0 Å². The fourth-order valence-corrected chi connectivity index (χ4v) is 3.87. The Morgan fingerprint density at radius 1 is 1.35 bits per heavy atom. The molecule has 2 atom stereocenters. The van der Waals surface area contributed by atoms with E-state index in [0.717, 1.165) is 28.9 Å². The van der Waals surface area contributed by atoms with Gasteiger partial charge in [0.05, 0.1) is 17.6 Å². The smallest absolute Gasteiger partial charge is 0.134 e. The Balaban J connectivity index is 1.83. The van der Waals surface area contributed by atoms with Crippen LogP contribution >= 0.6 is 0 Å². The van der Waals surface area contributed by atoms with Gasteiger partial charge in [0.1, 0.15) is 11.4 Å². The van der Waals surface area contributed by atoms with Crippen molar-refractivity contribution in [1.82, 2.24) is 9.78 Å². The molecule has 1 aromatic heterocycles. The minimum Gasteiger partial charge on any atom is -0.377 e. The highest BCUT2D eigenvalue weighted by Gasteiger charge is 2.54. The Labute approximate surface area is 134 Å². The average molecular weight is 308 g/mol. The average Bonchev–Trinajstić information content (AvgIpc) is 3.05. The lowest BCUT2D eigenvalue weighted by Gasteiger charge is -2.39. The summed E-state index contributed by atoms with van der Waals surface area (Å²) in [5.41, 5.74) is 2.48. The molecule has 2 aliphatic rings. The molecular weight excluding hydrogens is 291 g/mol.